The Morgan fingerprint density at radius 2 is 1.95 bits per heavy atom. The van der Waals surface area contributed by atoms with E-state index in [4.69, 9.17) is 11.6 Å². The molecule has 1 aliphatic heterocycles. The van der Waals surface area contributed by atoms with Gasteiger partial charge in [-0.3, -0.25) is 9.59 Å². The van der Waals surface area contributed by atoms with Crippen LogP contribution in [-0.4, -0.2) is 16.7 Å². The van der Waals surface area contributed by atoms with Gasteiger partial charge < -0.3 is 4.90 Å². The second kappa shape index (κ2) is 4.97. The molecule has 0 saturated heterocycles. The third-order valence-electron chi connectivity index (χ3n) is 3.55. The summed E-state index contributed by atoms with van der Waals surface area (Å²) < 4.78 is 0. The Morgan fingerprint density at radius 1 is 1.19 bits per heavy atom. The normalized spacial score (nSPS) is 13.8. The van der Waals surface area contributed by atoms with E-state index in [1.807, 2.05) is 26.0 Å². The summed E-state index contributed by atoms with van der Waals surface area (Å²) in [6.45, 7) is 4.11. The fourth-order valence-electron chi connectivity index (χ4n) is 2.67. The van der Waals surface area contributed by atoms with Gasteiger partial charge in [0.1, 0.15) is 5.15 Å². The summed E-state index contributed by atoms with van der Waals surface area (Å²) in [5, 5.41) is 0.367. The molecule has 4 nitrogen and oxygen atoms in total. The summed E-state index contributed by atoms with van der Waals surface area (Å²) in [5.41, 5.74) is 3.87. The highest BCUT2D eigenvalue weighted by molar-refractivity contribution is 6.52. The summed E-state index contributed by atoms with van der Waals surface area (Å²) in [4.78, 5) is 29.8. The van der Waals surface area contributed by atoms with Crippen molar-refractivity contribution < 1.29 is 9.59 Å². The molecule has 0 saturated carbocycles. The lowest BCUT2D eigenvalue weighted by atomic mass is 10.0. The molecule has 0 spiro atoms. The Labute approximate surface area is 127 Å². The van der Waals surface area contributed by atoms with E-state index >= 15 is 0 Å². The predicted octanol–water partition coefficient (Wildman–Crippen LogP) is 3.08. The average Bonchev–Trinajstić information content (AvgIpc) is 2.64. The van der Waals surface area contributed by atoms with Crippen LogP contribution >= 0.6 is 11.6 Å². The Kier molecular flexibility index (Phi) is 3.26. The number of hydrogen-bond donors (Lipinski definition) is 0. The van der Waals surface area contributed by atoms with Crippen LogP contribution in [0.25, 0.3) is 0 Å². The number of halogens is 1. The van der Waals surface area contributed by atoms with Crippen LogP contribution in [0, 0.1) is 13.8 Å². The monoisotopic (exact) mass is 300 g/mol. The average molecular weight is 301 g/mol. The maximum atomic E-state index is 12.2. The zero-order valence-corrected chi connectivity index (χ0v) is 12.4. The number of ketones is 1. The minimum Gasteiger partial charge on any atom is -0.300 e. The molecule has 0 bridgehead atoms. The van der Waals surface area contributed by atoms with Crippen molar-refractivity contribution in [2.75, 3.05) is 4.90 Å². The summed E-state index contributed by atoms with van der Waals surface area (Å²) in [5.74, 6) is -0.936. The van der Waals surface area contributed by atoms with Crippen molar-refractivity contribution in [2.45, 2.75) is 20.4 Å². The number of nitrogens with zero attached hydrogens (tertiary/aromatic N) is 2. The highest BCUT2D eigenvalue weighted by atomic mass is 35.5. The third kappa shape index (κ3) is 2.32. The Morgan fingerprint density at radius 3 is 2.67 bits per heavy atom. The first-order valence-electron chi connectivity index (χ1n) is 6.55. The van der Waals surface area contributed by atoms with E-state index in [9.17, 15) is 9.59 Å². The van der Waals surface area contributed by atoms with Gasteiger partial charge in [-0.15, -0.1) is 0 Å². The summed E-state index contributed by atoms with van der Waals surface area (Å²) in [6, 6.07) is 7.26. The van der Waals surface area contributed by atoms with Gasteiger partial charge in [-0.2, -0.15) is 0 Å². The molecule has 0 unspecified atom stereocenters. The number of amides is 1. The molecule has 0 atom stereocenters. The second-order valence-electron chi connectivity index (χ2n) is 5.18. The number of carbonyl (C=O) groups excluding carboxylic acids is 2. The fraction of sp³-hybridized carbons (Fsp3) is 0.188. The van der Waals surface area contributed by atoms with Gasteiger partial charge in [0, 0.05) is 6.20 Å². The number of benzene rings is 1. The van der Waals surface area contributed by atoms with Crippen molar-refractivity contribution in [2.24, 2.45) is 0 Å². The largest absolute Gasteiger partial charge is 0.300 e. The Hall–Kier alpha value is -2.20. The molecule has 1 aliphatic rings. The molecule has 5 heteroatoms. The number of rotatable bonds is 2. The molecule has 0 N–H and O–H groups in total. The van der Waals surface area contributed by atoms with Gasteiger partial charge in [-0.05, 0) is 48.7 Å². The second-order valence-corrected chi connectivity index (χ2v) is 5.57. The molecule has 3 rings (SSSR count). The van der Waals surface area contributed by atoms with Crippen LogP contribution in [0.15, 0.2) is 30.5 Å². The van der Waals surface area contributed by atoms with Gasteiger partial charge in [0.05, 0.1) is 17.8 Å². The zero-order chi connectivity index (χ0) is 15.1. The maximum absolute atomic E-state index is 12.2. The van der Waals surface area contributed by atoms with E-state index in [1.165, 1.54) is 4.90 Å². The molecule has 1 aromatic carbocycles. The zero-order valence-electron chi connectivity index (χ0n) is 11.7. The minimum atomic E-state index is -0.494. The van der Waals surface area contributed by atoms with Crippen LogP contribution < -0.4 is 4.90 Å². The predicted molar refractivity (Wildman–Crippen MR) is 80.7 cm³/mol. The number of pyridine rings is 1. The molecule has 0 aliphatic carbocycles. The molecule has 21 heavy (non-hydrogen) atoms. The first-order chi connectivity index (χ1) is 9.97. The van der Waals surface area contributed by atoms with Crippen molar-refractivity contribution in [3.8, 4) is 0 Å². The van der Waals surface area contributed by atoms with Crippen molar-refractivity contribution in [3.63, 3.8) is 0 Å². The number of aryl methyl sites for hydroxylation is 2. The molecule has 2 aromatic rings. The van der Waals surface area contributed by atoms with E-state index in [-0.39, 0.29) is 0 Å². The molecule has 1 aromatic heterocycles. The number of aromatic nitrogens is 1. The Balaban J connectivity index is 2.05. The van der Waals surface area contributed by atoms with Crippen LogP contribution in [-0.2, 0) is 11.3 Å². The van der Waals surface area contributed by atoms with Gasteiger partial charge in [0.2, 0.25) is 0 Å². The number of hydrogen-bond acceptors (Lipinski definition) is 3. The van der Waals surface area contributed by atoms with Crippen molar-refractivity contribution in [1.82, 2.24) is 4.98 Å². The number of fused-ring (bicyclic) bond motifs is 1. The van der Waals surface area contributed by atoms with Gasteiger partial charge in [0.25, 0.3) is 11.7 Å². The maximum Gasteiger partial charge on any atom is 0.299 e. The quantitative estimate of drug-likeness (QED) is 0.632. The Bertz CT molecular complexity index is 771. The van der Waals surface area contributed by atoms with E-state index in [0.717, 1.165) is 16.7 Å². The molecule has 0 fully saturated rings. The number of Topliss-reactive ketones (excluding diaryl/α,β-unsaturated/α-hetero) is 1. The van der Waals surface area contributed by atoms with Crippen LogP contribution in [0.2, 0.25) is 5.15 Å². The fourth-order valence-corrected chi connectivity index (χ4v) is 2.87. The lowest BCUT2D eigenvalue weighted by Crippen LogP contribution is -2.29. The molecule has 106 valence electrons. The molecule has 0 radical (unpaired) electrons. The lowest BCUT2D eigenvalue weighted by molar-refractivity contribution is -0.114. The molecular weight excluding hydrogens is 288 g/mol. The summed E-state index contributed by atoms with van der Waals surface area (Å²) in [6.07, 6.45) is 1.59. The van der Waals surface area contributed by atoms with Crippen molar-refractivity contribution >= 4 is 29.0 Å². The van der Waals surface area contributed by atoms with Gasteiger partial charge in [0.15, 0.2) is 0 Å². The smallest absolute Gasteiger partial charge is 0.299 e. The lowest BCUT2D eigenvalue weighted by Gasteiger charge is -2.17. The number of carbonyl (C=O) groups is 2. The van der Waals surface area contributed by atoms with Gasteiger partial charge in [-0.1, -0.05) is 17.7 Å². The van der Waals surface area contributed by atoms with Crippen LogP contribution in [0.5, 0.6) is 0 Å². The highest BCUT2D eigenvalue weighted by Crippen LogP contribution is 2.33. The van der Waals surface area contributed by atoms with E-state index in [1.54, 1.807) is 18.3 Å². The molecule has 1 amide bonds. The van der Waals surface area contributed by atoms with E-state index in [0.29, 0.717) is 22.9 Å². The SMILES string of the molecule is Cc1cc(C)c2c(c1)N(Cc1ccnc(Cl)c1)C(=O)C2=O. The van der Waals surface area contributed by atoms with Crippen molar-refractivity contribution in [3.05, 3.63) is 57.9 Å². The summed E-state index contributed by atoms with van der Waals surface area (Å²) >= 11 is 5.86. The first kappa shape index (κ1) is 13.8. The van der Waals surface area contributed by atoms with Crippen molar-refractivity contribution in [1.29, 1.82) is 0 Å². The number of anilines is 1. The molecule has 2 heterocycles. The van der Waals surface area contributed by atoms with E-state index in [2.05, 4.69) is 4.98 Å². The van der Waals surface area contributed by atoms with Gasteiger partial charge in [-0.25, -0.2) is 4.98 Å². The van der Waals surface area contributed by atoms with Crippen LogP contribution in [0.3, 0.4) is 0 Å². The third-order valence-corrected chi connectivity index (χ3v) is 3.75. The van der Waals surface area contributed by atoms with Gasteiger partial charge >= 0.3 is 0 Å². The first-order valence-corrected chi connectivity index (χ1v) is 6.93. The van der Waals surface area contributed by atoms with Crippen LogP contribution in [0.4, 0.5) is 5.69 Å². The van der Waals surface area contributed by atoms with E-state index < -0.39 is 11.7 Å². The standard InChI is InChI=1S/C16H13ClN2O2/c1-9-5-10(2)14-12(6-9)19(16(21)15(14)20)8-11-3-4-18-13(17)7-11/h3-7H,8H2,1-2H3. The highest BCUT2D eigenvalue weighted by Gasteiger charge is 2.37. The topological polar surface area (TPSA) is 50.3 Å². The minimum absolute atomic E-state index is 0.308. The summed E-state index contributed by atoms with van der Waals surface area (Å²) in [7, 11) is 0. The van der Waals surface area contributed by atoms with Crippen LogP contribution in [0.1, 0.15) is 27.0 Å². The molecular formula is C16H13ClN2O2.